The fraction of sp³-hybridized carbons (Fsp3) is 0.591. The molecule has 2 fully saturated rings. The van der Waals surface area contributed by atoms with Crippen LogP contribution in [-0.4, -0.2) is 100 Å². The van der Waals surface area contributed by atoms with Gasteiger partial charge in [0.1, 0.15) is 12.1 Å². The fourth-order valence-corrected chi connectivity index (χ4v) is 7.85. The topological polar surface area (TPSA) is 93.3 Å². The Morgan fingerprint density at radius 3 is 2.04 bits per heavy atom. The van der Waals surface area contributed by atoms with Crippen LogP contribution in [0.5, 0.6) is 0 Å². The molecule has 4 amide bonds. The van der Waals surface area contributed by atoms with E-state index in [9.17, 15) is 19.2 Å². The molecule has 0 saturated carbocycles. The molecule has 0 aliphatic carbocycles. The summed E-state index contributed by atoms with van der Waals surface area (Å²) < 4.78 is 0. The Hall–Kier alpha value is -3.98. The SMILES string of the molecule is C/C(=C\C(C(C)C)N(C)C(=O)C(NC(=O)C1CCCCN1C(C)C)C(C)(C)C)C(=O)N1CCCC1C(=O)N(CCc1ccccc1)Cc1ccccc1. The molecular formula is C44H65N5O4. The average Bonchev–Trinajstić information content (AvgIpc) is 3.63. The van der Waals surface area contributed by atoms with Crippen LogP contribution in [0.1, 0.15) is 98.6 Å². The van der Waals surface area contributed by atoms with Crippen LogP contribution in [0.2, 0.25) is 0 Å². The van der Waals surface area contributed by atoms with Gasteiger partial charge in [0.2, 0.25) is 23.6 Å². The third-order valence-corrected chi connectivity index (χ3v) is 11.0. The van der Waals surface area contributed by atoms with E-state index in [2.05, 4.69) is 36.2 Å². The zero-order valence-electron chi connectivity index (χ0n) is 33.8. The number of nitrogens with zero attached hydrogens (tertiary/aromatic N) is 4. The summed E-state index contributed by atoms with van der Waals surface area (Å²) in [5.74, 6) is -0.501. The lowest BCUT2D eigenvalue weighted by atomic mass is 9.84. The van der Waals surface area contributed by atoms with Crippen LogP contribution >= 0.6 is 0 Å². The van der Waals surface area contributed by atoms with Crippen molar-refractivity contribution in [1.82, 2.24) is 24.9 Å². The Morgan fingerprint density at radius 1 is 0.849 bits per heavy atom. The third kappa shape index (κ3) is 11.0. The Balaban J connectivity index is 1.52. The van der Waals surface area contributed by atoms with Gasteiger partial charge in [0.25, 0.3) is 0 Å². The largest absolute Gasteiger partial charge is 0.342 e. The molecule has 1 N–H and O–H groups in total. The number of rotatable bonds is 14. The number of likely N-dealkylation sites (tertiary alicyclic amines) is 2. The van der Waals surface area contributed by atoms with Crippen molar-refractivity contribution in [3.63, 3.8) is 0 Å². The monoisotopic (exact) mass is 728 g/mol. The van der Waals surface area contributed by atoms with E-state index in [1.54, 1.807) is 23.8 Å². The maximum absolute atomic E-state index is 14.3. The Labute approximate surface area is 319 Å². The molecule has 4 unspecified atom stereocenters. The molecule has 4 atom stereocenters. The van der Waals surface area contributed by atoms with Crippen LogP contribution < -0.4 is 5.32 Å². The van der Waals surface area contributed by atoms with Crippen LogP contribution in [0.4, 0.5) is 0 Å². The molecule has 0 aromatic heterocycles. The van der Waals surface area contributed by atoms with Gasteiger partial charge in [-0.3, -0.25) is 24.1 Å². The van der Waals surface area contributed by atoms with Gasteiger partial charge in [-0.05, 0) is 81.9 Å². The van der Waals surface area contributed by atoms with E-state index in [1.807, 2.05) is 94.1 Å². The molecule has 9 heteroatoms. The van der Waals surface area contributed by atoms with Crippen molar-refractivity contribution in [2.45, 2.75) is 131 Å². The van der Waals surface area contributed by atoms with Crippen molar-refractivity contribution < 1.29 is 19.2 Å². The number of carbonyl (C=O) groups excluding carboxylic acids is 4. The standard InChI is InChI=1S/C44H65N5O4/c1-31(2)38(46(9)43(53)39(44(6,7)8)45-40(50)36-23-16-17-26-48(36)32(3)4)29-33(5)41(51)49-27-18-24-37(49)42(52)47(30-35-21-14-11-15-22-35)28-25-34-19-12-10-13-20-34/h10-15,19-22,29,31-32,36-39H,16-18,23-28,30H2,1-9H3,(H,45,50)/b33-29+. The highest BCUT2D eigenvalue weighted by Crippen LogP contribution is 2.27. The molecule has 2 aromatic carbocycles. The third-order valence-electron chi connectivity index (χ3n) is 11.0. The minimum atomic E-state index is -0.742. The van der Waals surface area contributed by atoms with Crippen LogP contribution in [0.25, 0.3) is 0 Å². The van der Waals surface area contributed by atoms with Gasteiger partial charge in [-0.25, -0.2) is 0 Å². The molecule has 0 radical (unpaired) electrons. The number of amides is 4. The lowest BCUT2D eigenvalue weighted by molar-refractivity contribution is -0.142. The lowest BCUT2D eigenvalue weighted by Gasteiger charge is -2.41. The van der Waals surface area contributed by atoms with Crippen molar-refractivity contribution >= 4 is 23.6 Å². The quantitative estimate of drug-likeness (QED) is 0.225. The van der Waals surface area contributed by atoms with Crippen LogP contribution in [-0.2, 0) is 32.1 Å². The maximum atomic E-state index is 14.3. The van der Waals surface area contributed by atoms with E-state index >= 15 is 0 Å². The predicted molar refractivity (Wildman–Crippen MR) is 213 cm³/mol. The highest BCUT2D eigenvalue weighted by molar-refractivity contribution is 5.97. The molecular weight excluding hydrogens is 663 g/mol. The molecule has 53 heavy (non-hydrogen) atoms. The first kappa shape index (κ1) is 41.8. The Kier molecular flexibility index (Phi) is 14.9. The molecule has 2 saturated heterocycles. The summed E-state index contributed by atoms with van der Waals surface area (Å²) in [5, 5.41) is 3.16. The summed E-state index contributed by atoms with van der Waals surface area (Å²) in [4.78, 5) is 64.1. The Morgan fingerprint density at radius 2 is 1.45 bits per heavy atom. The second-order valence-electron chi connectivity index (χ2n) is 16.8. The van der Waals surface area contributed by atoms with Gasteiger partial charge >= 0.3 is 0 Å². The number of hydrogen-bond donors (Lipinski definition) is 1. The van der Waals surface area contributed by atoms with E-state index in [4.69, 9.17) is 0 Å². The van der Waals surface area contributed by atoms with Gasteiger partial charge in [0, 0.05) is 38.3 Å². The van der Waals surface area contributed by atoms with E-state index in [0.717, 1.165) is 49.8 Å². The van der Waals surface area contributed by atoms with Gasteiger partial charge in [-0.15, -0.1) is 0 Å². The minimum Gasteiger partial charge on any atom is -0.342 e. The first-order chi connectivity index (χ1) is 25.1. The first-order valence-electron chi connectivity index (χ1n) is 19.8. The summed E-state index contributed by atoms with van der Waals surface area (Å²) in [5.41, 5.74) is 2.18. The van der Waals surface area contributed by atoms with Crippen molar-refractivity contribution in [3.8, 4) is 0 Å². The Bertz CT molecular complexity index is 1550. The first-order valence-corrected chi connectivity index (χ1v) is 19.8. The number of carbonyl (C=O) groups is 4. The summed E-state index contributed by atoms with van der Waals surface area (Å²) >= 11 is 0. The van der Waals surface area contributed by atoms with Crippen LogP contribution in [0.3, 0.4) is 0 Å². The van der Waals surface area contributed by atoms with E-state index in [-0.39, 0.29) is 41.6 Å². The zero-order valence-corrected chi connectivity index (χ0v) is 33.8. The molecule has 2 aliphatic rings. The van der Waals surface area contributed by atoms with Crippen molar-refractivity contribution in [2.75, 3.05) is 26.7 Å². The van der Waals surface area contributed by atoms with Gasteiger partial charge in [-0.1, -0.05) is 108 Å². The molecule has 4 rings (SSSR count). The van der Waals surface area contributed by atoms with Crippen molar-refractivity contribution in [1.29, 1.82) is 0 Å². The second kappa shape index (κ2) is 18.9. The molecule has 9 nitrogen and oxygen atoms in total. The minimum absolute atomic E-state index is 0.00634. The van der Waals surface area contributed by atoms with Crippen molar-refractivity contribution in [3.05, 3.63) is 83.4 Å². The molecule has 2 aliphatic heterocycles. The van der Waals surface area contributed by atoms with E-state index in [1.165, 1.54) is 0 Å². The normalized spacial score (nSPS) is 19.6. The highest BCUT2D eigenvalue weighted by Gasteiger charge is 2.41. The predicted octanol–water partition coefficient (Wildman–Crippen LogP) is 6.47. The second-order valence-corrected chi connectivity index (χ2v) is 16.8. The number of likely N-dealkylation sites (N-methyl/N-ethyl adjacent to an activating group) is 1. The van der Waals surface area contributed by atoms with Gasteiger partial charge in [0.05, 0.1) is 12.1 Å². The molecule has 290 valence electrons. The number of piperidine rings is 1. The van der Waals surface area contributed by atoms with Gasteiger partial charge in [-0.2, -0.15) is 0 Å². The van der Waals surface area contributed by atoms with Crippen LogP contribution in [0, 0.1) is 11.3 Å². The zero-order chi connectivity index (χ0) is 38.9. The summed E-state index contributed by atoms with van der Waals surface area (Å²) in [7, 11) is 1.77. The van der Waals surface area contributed by atoms with Crippen LogP contribution in [0.15, 0.2) is 72.3 Å². The molecule has 2 aromatic rings. The van der Waals surface area contributed by atoms with Gasteiger partial charge in [0.15, 0.2) is 0 Å². The number of benzene rings is 2. The summed E-state index contributed by atoms with van der Waals surface area (Å²) in [6.45, 7) is 18.4. The number of hydrogen-bond acceptors (Lipinski definition) is 5. The molecule has 2 heterocycles. The average molecular weight is 728 g/mol. The fourth-order valence-electron chi connectivity index (χ4n) is 7.85. The van der Waals surface area contributed by atoms with E-state index < -0.39 is 23.5 Å². The van der Waals surface area contributed by atoms with E-state index in [0.29, 0.717) is 31.6 Å². The smallest absolute Gasteiger partial charge is 0.249 e. The lowest BCUT2D eigenvalue weighted by Crippen LogP contribution is -2.60. The maximum Gasteiger partial charge on any atom is 0.249 e. The summed E-state index contributed by atoms with van der Waals surface area (Å²) in [6.07, 6.45) is 6.81. The van der Waals surface area contributed by atoms with Crippen molar-refractivity contribution in [2.24, 2.45) is 11.3 Å². The molecule has 0 bridgehead atoms. The number of nitrogens with one attached hydrogen (secondary N) is 1. The van der Waals surface area contributed by atoms with Gasteiger partial charge < -0.3 is 20.0 Å². The summed E-state index contributed by atoms with van der Waals surface area (Å²) in [6, 6.07) is 18.5. The highest BCUT2D eigenvalue weighted by atomic mass is 16.2. The molecule has 0 spiro atoms.